The van der Waals surface area contributed by atoms with Crippen LogP contribution >= 0.6 is 12.6 Å². The molecule has 1 aromatic heterocycles. The third kappa shape index (κ3) is 1.43. The van der Waals surface area contributed by atoms with Gasteiger partial charge in [-0.15, -0.1) is 0 Å². The van der Waals surface area contributed by atoms with E-state index in [-0.39, 0.29) is 11.9 Å². The van der Waals surface area contributed by atoms with Crippen molar-refractivity contribution in [3.63, 3.8) is 0 Å². The Bertz CT molecular complexity index is 164. The van der Waals surface area contributed by atoms with Gasteiger partial charge in [0.25, 0.3) is 0 Å². The maximum atomic E-state index is 8.55. The van der Waals surface area contributed by atoms with E-state index in [1.54, 1.807) is 0 Å². The van der Waals surface area contributed by atoms with Crippen LogP contribution in [0.1, 0.15) is 10.9 Å². The molecular weight excluding hydrogens is 138 g/mol. The number of aliphatic hydroxyl groups excluding tert-OH is 1. The highest BCUT2D eigenvalue weighted by Crippen LogP contribution is 2.13. The highest BCUT2D eigenvalue weighted by molar-refractivity contribution is 7.80. The second kappa shape index (κ2) is 2.84. The lowest BCUT2D eigenvalue weighted by molar-refractivity contribution is 0.295. The first-order chi connectivity index (χ1) is 4.34. The molecule has 0 spiro atoms. The van der Waals surface area contributed by atoms with Crippen LogP contribution < -0.4 is 0 Å². The number of rotatable bonds is 2. The van der Waals surface area contributed by atoms with E-state index < -0.39 is 0 Å². The van der Waals surface area contributed by atoms with Crippen molar-refractivity contribution in [1.82, 2.24) is 15.4 Å². The Hall–Kier alpha value is -0.550. The van der Waals surface area contributed by atoms with E-state index in [0.717, 1.165) is 0 Å². The molecule has 1 heterocycles. The predicted molar refractivity (Wildman–Crippen MR) is 35.2 cm³/mol. The molecule has 2 N–H and O–H groups in total. The van der Waals surface area contributed by atoms with Gasteiger partial charge in [0.15, 0.2) is 0 Å². The second-order valence-electron chi connectivity index (χ2n) is 1.59. The number of aromatic amines is 1. The molecule has 0 saturated carbocycles. The van der Waals surface area contributed by atoms with Gasteiger partial charge in [0, 0.05) is 0 Å². The van der Waals surface area contributed by atoms with E-state index in [1.165, 1.54) is 6.20 Å². The zero-order chi connectivity index (χ0) is 6.69. The molecule has 0 aliphatic carbocycles. The molecule has 0 radical (unpaired) electrons. The van der Waals surface area contributed by atoms with Gasteiger partial charge < -0.3 is 5.11 Å². The number of aliphatic hydroxyl groups is 1. The van der Waals surface area contributed by atoms with E-state index in [1.807, 2.05) is 0 Å². The Morgan fingerprint density at radius 2 is 2.67 bits per heavy atom. The summed E-state index contributed by atoms with van der Waals surface area (Å²) in [5, 5.41) is 18.0. The Labute approximate surface area is 57.7 Å². The fourth-order valence-corrected chi connectivity index (χ4v) is 0.589. The molecule has 0 bridgehead atoms. The molecule has 0 saturated heterocycles. The Kier molecular flexibility index (Phi) is 2.07. The number of hydrogen-bond donors (Lipinski definition) is 3. The van der Waals surface area contributed by atoms with Crippen LogP contribution in [0.15, 0.2) is 6.20 Å². The molecular formula is C4H7N3OS. The summed E-state index contributed by atoms with van der Waals surface area (Å²) in [6, 6.07) is 0. The molecule has 1 aromatic rings. The van der Waals surface area contributed by atoms with Crippen molar-refractivity contribution in [3.05, 3.63) is 11.9 Å². The normalized spacial score (nSPS) is 13.6. The maximum Gasteiger partial charge on any atom is 0.0974 e. The van der Waals surface area contributed by atoms with Crippen LogP contribution in [0.5, 0.6) is 0 Å². The number of H-pyrrole nitrogens is 1. The summed E-state index contributed by atoms with van der Waals surface area (Å²) in [5.74, 6) is 0. The molecule has 0 amide bonds. The summed E-state index contributed by atoms with van der Waals surface area (Å²) >= 11 is 4.01. The average molecular weight is 145 g/mol. The monoisotopic (exact) mass is 145 g/mol. The standard InChI is InChI=1S/C4H7N3OS/c8-2-4(9)3-1-5-7-6-3/h1,4,8-9H,2H2,(H,5,6,7). The highest BCUT2D eigenvalue weighted by atomic mass is 32.1. The van der Waals surface area contributed by atoms with Crippen molar-refractivity contribution in [2.24, 2.45) is 0 Å². The van der Waals surface area contributed by atoms with Gasteiger partial charge in [-0.05, 0) is 0 Å². The minimum Gasteiger partial charge on any atom is -0.395 e. The third-order valence-corrected chi connectivity index (χ3v) is 1.38. The Balaban J connectivity index is 2.65. The number of nitrogens with one attached hydrogen (secondary N) is 1. The number of aromatic nitrogens is 3. The first kappa shape index (κ1) is 6.57. The number of thiol groups is 1. The first-order valence-corrected chi connectivity index (χ1v) is 3.01. The Morgan fingerprint density at radius 3 is 3.11 bits per heavy atom. The van der Waals surface area contributed by atoms with Crippen LogP contribution in [0.2, 0.25) is 0 Å². The summed E-state index contributed by atoms with van der Waals surface area (Å²) in [5.41, 5.74) is 0.667. The van der Waals surface area contributed by atoms with E-state index in [2.05, 4.69) is 28.0 Å². The van der Waals surface area contributed by atoms with Crippen LogP contribution in [-0.2, 0) is 0 Å². The molecule has 0 aliphatic rings. The summed E-state index contributed by atoms with van der Waals surface area (Å²) in [7, 11) is 0. The van der Waals surface area contributed by atoms with Gasteiger partial charge in [-0.3, -0.25) is 0 Å². The van der Waals surface area contributed by atoms with Gasteiger partial charge >= 0.3 is 0 Å². The quantitative estimate of drug-likeness (QED) is 0.504. The van der Waals surface area contributed by atoms with Crippen LogP contribution in [0, 0.1) is 0 Å². The van der Waals surface area contributed by atoms with Crippen molar-refractivity contribution >= 4 is 12.6 Å². The number of nitrogens with zero attached hydrogens (tertiary/aromatic N) is 2. The molecule has 1 unspecified atom stereocenters. The number of hydrogen-bond acceptors (Lipinski definition) is 4. The minimum absolute atomic E-state index is 0.0182. The van der Waals surface area contributed by atoms with Crippen LogP contribution in [0.4, 0.5) is 0 Å². The fourth-order valence-electron chi connectivity index (χ4n) is 0.465. The summed E-state index contributed by atoms with van der Waals surface area (Å²) in [6.07, 6.45) is 1.54. The molecule has 1 rings (SSSR count). The first-order valence-electron chi connectivity index (χ1n) is 2.49. The van der Waals surface area contributed by atoms with E-state index in [9.17, 15) is 0 Å². The SMILES string of the molecule is OCC(S)c1cn[nH]n1. The van der Waals surface area contributed by atoms with E-state index in [0.29, 0.717) is 5.69 Å². The van der Waals surface area contributed by atoms with Gasteiger partial charge in [0.2, 0.25) is 0 Å². The van der Waals surface area contributed by atoms with Crippen molar-refractivity contribution in [1.29, 1.82) is 0 Å². The van der Waals surface area contributed by atoms with E-state index in [4.69, 9.17) is 5.11 Å². The Morgan fingerprint density at radius 1 is 1.89 bits per heavy atom. The summed E-state index contributed by atoms with van der Waals surface area (Å²) in [4.78, 5) is 0. The lowest BCUT2D eigenvalue weighted by Gasteiger charge is -1.98. The highest BCUT2D eigenvalue weighted by Gasteiger charge is 2.05. The van der Waals surface area contributed by atoms with Crippen molar-refractivity contribution in [2.75, 3.05) is 6.61 Å². The molecule has 0 aliphatic heterocycles. The zero-order valence-electron chi connectivity index (χ0n) is 4.65. The van der Waals surface area contributed by atoms with E-state index >= 15 is 0 Å². The van der Waals surface area contributed by atoms with Crippen molar-refractivity contribution in [3.8, 4) is 0 Å². The molecule has 5 heteroatoms. The van der Waals surface area contributed by atoms with Gasteiger partial charge in [0.1, 0.15) is 0 Å². The van der Waals surface area contributed by atoms with Gasteiger partial charge in [-0.2, -0.15) is 28.0 Å². The fraction of sp³-hybridized carbons (Fsp3) is 0.500. The average Bonchev–Trinajstić information content (AvgIpc) is 2.37. The van der Waals surface area contributed by atoms with Gasteiger partial charge in [0.05, 0.1) is 23.7 Å². The molecule has 50 valence electrons. The predicted octanol–water partition coefficient (Wildman–Crippen LogP) is -0.232. The lowest BCUT2D eigenvalue weighted by atomic mass is 10.3. The van der Waals surface area contributed by atoms with Gasteiger partial charge in [-0.25, -0.2) is 0 Å². The molecule has 0 aromatic carbocycles. The second-order valence-corrected chi connectivity index (χ2v) is 2.22. The van der Waals surface area contributed by atoms with Crippen LogP contribution in [-0.4, -0.2) is 27.1 Å². The zero-order valence-corrected chi connectivity index (χ0v) is 5.55. The smallest absolute Gasteiger partial charge is 0.0974 e. The summed E-state index contributed by atoms with van der Waals surface area (Å²) in [6.45, 7) is -0.0182. The molecule has 0 fully saturated rings. The van der Waals surface area contributed by atoms with Crippen molar-refractivity contribution in [2.45, 2.75) is 5.25 Å². The molecule has 4 nitrogen and oxygen atoms in total. The topological polar surface area (TPSA) is 61.8 Å². The van der Waals surface area contributed by atoms with Crippen LogP contribution in [0.3, 0.4) is 0 Å². The van der Waals surface area contributed by atoms with Crippen molar-refractivity contribution < 1.29 is 5.11 Å². The molecule has 9 heavy (non-hydrogen) atoms. The minimum atomic E-state index is -0.219. The maximum absolute atomic E-state index is 8.55. The largest absolute Gasteiger partial charge is 0.395 e. The molecule has 1 atom stereocenters. The van der Waals surface area contributed by atoms with Gasteiger partial charge in [-0.1, -0.05) is 0 Å². The third-order valence-electron chi connectivity index (χ3n) is 0.948. The lowest BCUT2D eigenvalue weighted by Crippen LogP contribution is -1.95. The van der Waals surface area contributed by atoms with Crippen LogP contribution in [0.25, 0.3) is 0 Å². The summed E-state index contributed by atoms with van der Waals surface area (Å²) < 4.78 is 0.